The van der Waals surface area contributed by atoms with Crippen molar-refractivity contribution in [2.24, 2.45) is 16.6 Å². The topological polar surface area (TPSA) is 113 Å². The molecule has 0 saturated carbocycles. The van der Waals surface area contributed by atoms with Gasteiger partial charge in [0.25, 0.3) is 0 Å². The molecule has 4 N–H and O–H groups in total. The molecule has 1 aliphatic heterocycles. The lowest BCUT2D eigenvalue weighted by molar-refractivity contribution is -0.136. The van der Waals surface area contributed by atoms with E-state index in [1.165, 1.54) is 30.7 Å². The van der Waals surface area contributed by atoms with E-state index in [2.05, 4.69) is 15.3 Å². The Morgan fingerprint density at radius 1 is 1.42 bits per heavy atom. The zero-order chi connectivity index (χ0) is 23.7. The fraction of sp³-hybridized carbons (Fsp3) is 0.273. The molecule has 0 bridgehead atoms. The lowest BCUT2D eigenvalue weighted by atomic mass is 9.81. The van der Waals surface area contributed by atoms with Crippen molar-refractivity contribution >= 4 is 41.0 Å². The van der Waals surface area contributed by atoms with Crippen LogP contribution >= 0.6 is 22.9 Å². The summed E-state index contributed by atoms with van der Waals surface area (Å²) in [5.41, 5.74) is 8.13. The van der Waals surface area contributed by atoms with Gasteiger partial charge in [0.1, 0.15) is 6.04 Å². The Kier molecular flexibility index (Phi) is 6.57. The molecular formula is C22H20ClF2N5O2S. The zero-order valence-electron chi connectivity index (χ0n) is 17.5. The van der Waals surface area contributed by atoms with E-state index in [4.69, 9.17) is 27.5 Å². The second-order valence-electron chi connectivity index (χ2n) is 7.56. The second-order valence-corrected chi connectivity index (χ2v) is 8.83. The Labute approximate surface area is 197 Å². The van der Waals surface area contributed by atoms with Gasteiger partial charge in [0.2, 0.25) is 0 Å². The maximum absolute atomic E-state index is 14.4. The summed E-state index contributed by atoms with van der Waals surface area (Å²) in [7, 11) is 1.23. The fourth-order valence-corrected chi connectivity index (χ4v) is 4.88. The number of nitrogens with one attached hydrogen (secondary N) is 2. The number of thiazole rings is 1. The number of halogens is 3. The normalized spacial score (nSPS) is 20.9. The van der Waals surface area contributed by atoms with Gasteiger partial charge in [-0.1, -0.05) is 17.7 Å². The van der Waals surface area contributed by atoms with E-state index in [0.29, 0.717) is 47.1 Å². The minimum absolute atomic E-state index is 0.127. The molecule has 11 heteroatoms. The van der Waals surface area contributed by atoms with Gasteiger partial charge in [0, 0.05) is 40.7 Å². The Morgan fingerprint density at radius 3 is 2.88 bits per heavy atom. The minimum Gasteiger partial charge on any atom is -0.466 e. The number of hydrogen-bond acceptors (Lipinski definition) is 8. The molecule has 2 aromatic rings. The van der Waals surface area contributed by atoms with E-state index in [1.807, 2.05) is 0 Å². The van der Waals surface area contributed by atoms with Crippen molar-refractivity contribution in [3.8, 4) is 0 Å². The van der Waals surface area contributed by atoms with Gasteiger partial charge in [-0.05, 0) is 30.9 Å². The number of carbonyl (C=O) groups excluding carboxylic acids is 1. The van der Waals surface area contributed by atoms with E-state index < -0.39 is 28.7 Å². The predicted molar refractivity (Wildman–Crippen MR) is 122 cm³/mol. The summed E-state index contributed by atoms with van der Waals surface area (Å²) in [6, 6.07) is 1.20. The van der Waals surface area contributed by atoms with E-state index in [1.54, 1.807) is 11.6 Å². The van der Waals surface area contributed by atoms with Gasteiger partial charge < -0.3 is 21.2 Å². The van der Waals surface area contributed by atoms with Crippen molar-refractivity contribution in [1.29, 1.82) is 5.41 Å². The lowest BCUT2D eigenvalue weighted by Gasteiger charge is -2.33. The van der Waals surface area contributed by atoms with Crippen LogP contribution in [0.4, 0.5) is 8.78 Å². The Bertz CT molecular complexity index is 1210. The molecule has 0 amide bonds. The highest BCUT2D eigenvalue weighted by Gasteiger charge is 2.38. The molecule has 0 radical (unpaired) electrons. The maximum atomic E-state index is 14.4. The van der Waals surface area contributed by atoms with Crippen LogP contribution in [0.25, 0.3) is 0 Å². The number of methoxy groups -OCH3 is 1. The molecule has 2 aliphatic rings. The average Bonchev–Trinajstić information content (AvgIpc) is 3.37. The second kappa shape index (κ2) is 9.40. The van der Waals surface area contributed by atoms with Gasteiger partial charge >= 0.3 is 5.97 Å². The monoisotopic (exact) mass is 491 g/mol. The van der Waals surface area contributed by atoms with Crippen LogP contribution < -0.4 is 11.1 Å². The van der Waals surface area contributed by atoms with Crippen LogP contribution in [0.3, 0.4) is 0 Å². The Morgan fingerprint density at radius 2 is 2.21 bits per heavy atom. The van der Waals surface area contributed by atoms with Crippen LogP contribution in [0.5, 0.6) is 0 Å². The Balaban J connectivity index is 1.92. The SMILES string of the molecule is COC(=O)C1=C(C2CCC(N)=C(C=N)C2)NC(c2nccs2)=NC1c1ccc(F)c(F)c1Cl. The summed E-state index contributed by atoms with van der Waals surface area (Å²) in [5, 5.41) is 12.8. The molecule has 0 spiro atoms. The number of nitrogens with two attached hydrogens (primary N) is 1. The summed E-state index contributed by atoms with van der Waals surface area (Å²) in [6.07, 6.45) is 4.38. The zero-order valence-corrected chi connectivity index (χ0v) is 19.1. The van der Waals surface area contributed by atoms with E-state index >= 15 is 0 Å². The number of rotatable bonds is 5. The van der Waals surface area contributed by atoms with Crippen LogP contribution in [-0.2, 0) is 9.53 Å². The Hall–Kier alpha value is -3.11. The first kappa shape index (κ1) is 23.1. The fourth-order valence-electron chi connectivity index (χ4n) is 4.03. The highest BCUT2D eigenvalue weighted by atomic mass is 35.5. The number of aromatic nitrogens is 1. The summed E-state index contributed by atoms with van der Waals surface area (Å²) in [5.74, 6) is -2.85. The van der Waals surface area contributed by atoms with Crippen molar-refractivity contribution in [3.05, 3.63) is 73.5 Å². The molecule has 33 heavy (non-hydrogen) atoms. The molecule has 2 heterocycles. The van der Waals surface area contributed by atoms with Crippen molar-refractivity contribution in [3.63, 3.8) is 0 Å². The van der Waals surface area contributed by atoms with Crippen LogP contribution in [-0.4, -0.2) is 30.1 Å². The summed E-state index contributed by atoms with van der Waals surface area (Å²) >= 11 is 7.50. The maximum Gasteiger partial charge on any atom is 0.338 e. The van der Waals surface area contributed by atoms with Crippen LogP contribution in [0.15, 0.2) is 51.2 Å². The number of benzene rings is 1. The number of amidine groups is 1. The molecule has 2 atom stereocenters. The third-order valence-corrected chi connectivity index (χ3v) is 6.86. The summed E-state index contributed by atoms with van der Waals surface area (Å²) in [4.78, 5) is 21.9. The van der Waals surface area contributed by atoms with Crippen LogP contribution in [0.1, 0.15) is 35.9 Å². The highest BCUT2D eigenvalue weighted by molar-refractivity contribution is 7.11. The first-order valence-electron chi connectivity index (χ1n) is 10.0. The first-order chi connectivity index (χ1) is 15.8. The van der Waals surface area contributed by atoms with Gasteiger partial charge in [-0.25, -0.2) is 18.6 Å². The minimum atomic E-state index is -1.22. The smallest absolute Gasteiger partial charge is 0.338 e. The standard InChI is InChI=1S/C22H20ClF2N5O2S/c1-32-22(31)15-18(10-2-5-14(27)11(8-10)9-26)29-20(21-28-6-7-33-21)30-19(15)12-3-4-13(24)17(25)16(12)23/h3-4,6-7,9-10,19,26H,2,5,8,27H2,1H3,(H,29,30). The number of esters is 1. The number of nitrogens with zero attached hydrogens (tertiary/aromatic N) is 2. The molecule has 2 unspecified atom stereocenters. The van der Waals surface area contributed by atoms with Crippen molar-refractivity contribution in [2.45, 2.75) is 25.3 Å². The number of aliphatic imine (C=N–C) groups is 1. The number of hydrogen-bond donors (Lipinski definition) is 3. The van der Waals surface area contributed by atoms with Crippen molar-refractivity contribution in [2.75, 3.05) is 7.11 Å². The third kappa shape index (κ3) is 4.28. The molecule has 172 valence electrons. The van der Waals surface area contributed by atoms with Gasteiger partial charge in [0.15, 0.2) is 22.5 Å². The molecule has 1 aliphatic carbocycles. The van der Waals surface area contributed by atoms with Crippen LogP contribution in [0.2, 0.25) is 5.02 Å². The van der Waals surface area contributed by atoms with E-state index in [-0.39, 0.29) is 17.1 Å². The molecule has 1 aromatic heterocycles. The quantitative estimate of drug-likeness (QED) is 0.328. The van der Waals surface area contributed by atoms with Crippen molar-refractivity contribution < 1.29 is 18.3 Å². The van der Waals surface area contributed by atoms with Crippen LogP contribution in [0, 0.1) is 23.0 Å². The van der Waals surface area contributed by atoms with Crippen molar-refractivity contribution in [1.82, 2.24) is 10.3 Å². The molecule has 0 saturated heterocycles. The molecule has 4 rings (SSSR count). The van der Waals surface area contributed by atoms with Gasteiger partial charge in [-0.2, -0.15) is 0 Å². The molecule has 1 aromatic carbocycles. The predicted octanol–water partition coefficient (Wildman–Crippen LogP) is 4.26. The van der Waals surface area contributed by atoms with Gasteiger partial charge in [-0.3, -0.25) is 4.99 Å². The largest absolute Gasteiger partial charge is 0.466 e. The van der Waals surface area contributed by atoms with Gasteiger partial charge in [-0.15, -0.1) is 11.3 Å². The summed E-state index contributed by atoms with van der Waals surface area (Å²) < 4.78 is 33.2. The average molecular weight is 492 g/mol. The number of ether oxygens (including phenoxy) is 1. The molecule has 0 fully saturated rings. The molecular weight excluding hydrogens is 472 g/mol. The molecule has 7 nitrogen and oxygen atoms in total. The highest BCUT2D eigenvalue weighted by Crippen LogP contribution is 2.42. The van der Waals surface area contributed by atoms with Gasteiger partial charge in [0.05, 0.1) is 17.7 Å². The first-order valence-corrected chi connectivity index (χ1v) is 11.3. The number of allylic oxidation sites excluding steroid dienone is 3. The lowest BCUT2D eigenvalue weighted by Crippen LogP contribution is -2.38. The summed E-state index contributed by atoms with van der Waals surface area (Å²) in [6.45, 7) is 0. The third-order valence-electron chi connectivity index (χ3n) is 5.70. The van der Waals surface area contributed by atoms with E-state index in [9.17, 15) is 13.6 Å². The number of carbonyl (C=O) groups is 1. The van der Waals surface area contributed by atoms with E-state index in [0.717, 1.165) is 6.07 Å².